The Morgan fingerprint density at radius 2 is 2.11 bits per heavy atom. The highest BCUT2D eigenvalue weighted by Crippen LogP contribution is 2.26. The maximum atomic E-state index is 11.8. The molecule has 2 N–H and O–H groups in total. The van der Waals surface area contributed by atoms with Crippen LogP contribution in [0.5, 0.6) is 0 Å². The lowest BCUT2D eigenvalue weighted by Crippen LogP contribution is -2.39. The van der Waals surface area contributed by atoms with Crippen molar-refractivity contribution in [1.29, 1.82) is 0 Å². The van der Waals surface area contributed by atoms with Gasteiger partial charge in [0, 0.05) is 6.54 Å². The van der Waals surface area contributed by atoms with E-state index in [-0.39, 0.29) is 5.91 Å². The number of aromatic nitrogens is 2. The summed E-state index contributed by atoms with van der Waals surface area (Å²) >= 11 is 9.11. The van der Waals surface area contributed by atoms with Gasteiger partial charge in [-0.05, 0) is 28.8 Å². The number of carbonyl (C=O) groups excluding carboxylic acids is 1. The second kappa shape index (κ2) is 6.89. The Bertz CT molecular complexity index is 428. The Balaban J connectivity index is 2.61. The summed E-state index contributed by atoms with van der Waals surface area (Å²) in [4.78, 5) is 19.6. The van der Waals surface area contributed by atoms with E-state index in [0.717, 1.165) is 0 Å². The molecule has 0 aliphatic carbocycles. The SMILES string of the molecule is CC(C)CNC(=O)C(C)Nc1ncnc(Cl)c1Br. The fraction of sp³-hybridized carbons (Fsp3) is 0.545. The third-order valence-corrected chi connectivity index (χ3v) is 3.44. The van der Waals surface area contributed by atoms with Gasteiger partial charge < -0.3 is 10.6 Å². The van der Waals surface area contributed by atoms with E-state index in [0.29, 0.717) is 27.9 Å². The largest absolute Gasteiger partial charge is 0.358 e. The van der Waals surface area contributed by atoms with Crippen molar-refractivity contribution in [3.05, 3.63) is 16.0 Å². The van der Waals surface area contributed by atoms with Gasteiger partial charge in [-0.1, -0.05) is 25.4 Å². The van der Waals surface area contributed by atoms with E-state index in [1.54, 1.807) is 6.92 Å². The summed E-state index contributed by atoms with van der Waals surface area (Å²) in [6.07, 6.45) is 1.34. The van der Waals surface area contributed by atoms with Gasteiger partial charge in [-0.2, -0.15) is 0 Å². The molecule has 0 aromatic carbocycles. The number of carbonyl (C=O) groups is 1. The summed E-state index contributed by atoms with van der Waals surface area (Å²) < 4.78 is 0.551. The Morgan fingerprint density at radius 1 is 1.44 bits per heavy atom. The van der Waals surface area contributed by atoms with E-state index in [2.05, 4.69) is 36.5 Å². The first-order valence-corrected chi connectivity index (χ1v) is 6.79. The van der Waals surface area contributed by atoms with Crippen molar-refractivity contribution in [3.8, 4) is 0 Å². The first-order valence-electron chi connectivity index (χ1n) is 5.62. The van der Waals surface area contributed by atoms with Crippen LogP contribution in [0.2, 0.25) is 5.15 Å². The number of hydrogen-bond acceptors (Lipinski definition) is 4. The molecule has 0 aliphatic rings. The van der Waals surface area contributed by atoms with Gasteiger partial charge in [0.1, 0.15) is 23.3 Å². The molecule has 100 valence electrons. The van der Waals surface area contributed by atoms with Gasteiger partial charge in [0.2, 0.25) is 5.91 Å². The van der Waals surface area contributed by atoms with Crippen LogP contribution in [-0.2, 0) is 4.79 Å². The van der Waals surface area contributed by atoms with Crippen molar-refractivity contribution in [3.63, 3.8) is 0 Å². The molecule has 1 atom stereocenters. The Morgan fingerprint density at radius 3 is 2.72 bits per heavy atom. The lowest BCUT2D eigenvalue weighted by molar-refractivity contribution is -0.121. The molecule has 0 fully saturated rings. The van der Waals surface area contributed by atoms with Crippen molar-refractivity contribution in [2.75, 3.05) is 11.9 Å². The molecule has 0 radical (unpaired) electrons. The normalized spacial score (nSPS) is 12.3. The molecule has 7 heteroatoms. The van der Waals surface area contributed by atoms with Gasteiger partial charge in [-0.3, -0.25) is 4.79 Å². The zero-order valence-electron chi connectivity index (χ0n) is 10.5. The monoisotopic (exact) mass is 334 g/mol. The molecule has 0 saturated heterocycles. The van der Waals surface area contributed by atoms with Crippen molar-refractivity contribution >= 4 is 39.3 Å². The second-order valence-corrected chi connectivity index (χ2v) is 5.48. The van der Waals surface area contributed by atoms with Crippen LogP contribution >= 0.6 is 27.5 Å². The molecule has 1 unspecified atom stereocenters. The van der Waals surface area contributed by atoms with E-state index >= 15 is 0 Å². The molecule has 18 heavy (non-hydrogen) atoms. The third-order valence-electron chi connectivity index (χ3n) is 2.18. The van der Waals surface area contributed by atoms with E-state index in [1.165, 1.54) is 6.33 Å². The quantitative estimate of drug-likeness (QED) is 0.811. The average molecular weight is 336 g/mol. The predicted octanol–water partition coefficient (Wildman–Crippen LogP) is 2.47. The van der Waals surface area contributed by atoms with Gasteiger partial charge in [0.15, 0.2) is 0 Å². The molecule has 0 bridgehead atoms. The lowest BCUT2D eigenvalue weighted by atomic mass is 10.2. The standard InChI is InChI=1S/C11H16BrClN4O/c1-6(2)4-14-11(18)7(3)17-10-8(12)9(13)15-5-16-10/h5-7H,4H2,1-3H3,(H,14,18)(H,15,16,17). The first-order chi connectivity index (χ1) is 8.41. The van der Waals surface area contributed by atoms with Gasteiger partial charge in [0.25, 0.3) is 0 Å². The molecular weight excluding hydrogens is 320 g/mol. The summed E-state index contributed by atoms with van der Waals surface area (Å²) in [6, 6.07) is -0.397. The third kappa shape index (κ3) is 4.42. The molecule has 1 aromatic rings. The van der Waals surface area contributed by atoms with E-state index < -0.39 is 6.04 Å². The molecule has 5 nitrogen and oxygen atoms in total. The Kier molecular flexibility index (Phi) is 5.81. The van der Waals surface area contributed by atoms with Gasteiger partial charge in [-0.15, -0.1) is 0 Å². The predicted molar refractivity (Wildman–Crippen MR) is 75.7 cm³/mol. The van der Waals surface area contributed by atoms with Crippen molar-refractivity contribution in [2.24, 2.45) is 5.92 Å². The first kappa shape index (κ1) is 15.2. The zero-order valence-corrected chi connectivity index (χ0v) is 12.8. The molecular formula is C11H16BrClN4O. The van der Waals surface area contributed by atoms with Gasteiger partial charge in [0.05, 0.1) is 4.47 Å². The Labute approximate surface area is 120 Å². The fourth-order valence-electron chi connectivity index (χ4n) is 1.18. The maximum absolute atomic E-state index is 11.8. The minimum absolute atomic E-state index is 0.0784. The van der Waals surface area contributed by atoms with Crippen molar-refractivity contribution < 1.29 is 4.79 Å². The number of rotatable bonds is 5. The van der Waals surface area contributed by atoms with Crippen LogP contribution < -0.4 is 10.6 Å². The number of halogens is 2. The number of nitrogens with one attached hydrogen (secondary N) is 2. The van der Waals surface area contributed by atoms with Crippen LogP contribution in [0.25, 0.3) is 0 Å². The lowest BCUT2D eigenvalue weighted by Gasteiger charge is -2.16. The number of hydrogen-bond donors (Lipinski definition) is 2. The van der Waals surface area contributed by atoms with Crippen LogP contribution in [-0.4, -0.2) is 28.5 Å². The molecule has 1 rings (SSSR count). The molecule has 1 heterocycles. The molecule has 0 aliphatic heterocycles. The molecule has 0 spiro atoms. The second-order valence-electron chi connectivity index (χ2n) is 4.33. The Hall–Kier alpha value is -0.880. The van der Waals surface area contributed by atoms with Crippen LogP contribution in [0.1, 0.15) is 20.8 Å². The maximum Gasteiger partial charge on any atom is 0.242 e. The van der Waals surface area contributed by atoms with Crippen LogP contribution in [0, 0.1) is 5.92 Å². The smallest absolute Gasteiger partial charge is 0.242 e. The van der Waals surface area contributed by atoms with Crippen LogP contribution in [0.4, 0.5) is 5.82 Å². The van der Waals surface area contributed by atoms with E-state index in [9.17, 15) is 4.79 Å². The highest BCUT2D eigenvalue weighted by Gasteiger charge is 2.15. The van der Waals surface area contributed by atoms with Gasteiger partial charge >= 0.3 is 0 Å². The number of anilines is 1. The highest BCUT2D eigenvalue weighted by molar-refractivity contribution is 9.10. The van der Waals surface area contributed by atoms with Crippen molar-refractivity contribution in [1.82, 2.24) is 15.3 Å². The summed E-state index contributed by atoms with van der Waals surface area (Å²) in [5.41, 5.74) is 0. The summed E-state index contributed by atoms with van der Waals surface area (Å²) in [5, 5.41) is 6.13. The minimum atomic E-state index is -0.397. The fourth-order valence-corrected chi connectivity index (χ4v) is 1.63. The van der Waals surface area contributed by atoms with Crippen molar-refractivity contribution in [2.45, 2.75) is 26.8 Å². The van der Waals surface area contributed by atoms with Crippen LogP contribution in [0.3, 0.4) is 0 Å². The summed E-state index contributed by atoms with van der Waals surface area (Å²) in [5.74, 6) is 0.842. The van der Waals surface area contributed by atoms with Gasteiger partial charge in [-0.25, -0.2) is 9.97 Å². The molecule has 1 aromatic heterocycles. The number of nitrogens with zero attached hydrogens (tertiary/aromatic N) is 2. The summed E-state index contributed by atoms with van der Waals surface area (Å²) in [6.45, 7) is 6.49. The van der Waals surface area contributed by atoms with E-state index in [4.69, 9.17) is 11.6 Å². The van der Waals surface area contributed by atoms with Crippen LogP contribution in [0.15, 0.2) is 10.8 Å². The molecule has 1 amide bonds. The topological polar surface area (TPSA) is 66.9 Å². The number of amides is 1. The summed E-state index contributed by atoms with van der Waals surface area (Å²) in [7, 11) is 0. The zero-order chi connectivity index (χ0) is 13.7. The minimum Gasteiger partial charge on any atom is -0.358 e. The molecule has 0 saturated carbocycles. The highest BCUT2D eigenvalue weighted by atomic mass is 79.9. The average Bonchev–Trinajstić information content (AvgIpc) is 2.31. The van der Waals surface area contributed by atoms with E-state index in [1.807, 2.05) is 13.8 Å².